The third kappa shape index (κ3) is 5.87. The van der Waals surface area contributed by atoms with Crippen molar-refractivity contribution in [2.75, 3.05) is 19.7 Å². The van der Waals surface area contributed by atoms with Gasteiger partial charge in [-0.05, 0) is 49.7 Å². The molecule has 0 saturated carbocycles. The van der Waals surface area contributed by atoms with E-state index in [2.05, 4.69) is 36.3 Å². The lowest BCUT2D eigenvalue weighted by Gasteiger charge is -2.15. The van der Waals surface area contributed by atoms with Gasteiger partial charge in [0, 0.05) is 6.08 Å². The van der Waals surface area contributed by atoms with Crippen molar-refractivity contribution in [3.8, 4) is 0 Å². The molecule has 134 valence electrons. The van der Waals surface area contributed by atoms with Crippen LogP contribution >= 0.6 is 0 Å². The molecule has 2 rings (SSSR count). The van der Waals surface area contributed by atoms with Crippen LogP contribution in [0.1, 0.15) is 32.3 Å². The SMILES string of the molecule is CCCCOC1=CC(=Nc2ccc(CCNCC)cc2)C(N)=CC1=N. The van der Waals surface area contributed by atoms with E-state index >= 15 is 0 Å². The van der Waals surface area contributed by atoms with Crippen molar-refractivity contribution >= 4 is 17.1 Å². The minimum Gasteiger partial charge on any atom is -0.491 e. The molecular weight excluding hydrogens is 312 g/mol. The van der Waals surface area contributed by atoms with E-state index in [0.29, 0.717) is 29.5 Å². The van der Waals surface area contributed by atoms with Gasteiger partial charge < -0.3 is 15.8 Å². The molecule has 0 spiro atoms. The zero-order valence-corrected chi connectivity index (χ0v) is 15.1. The molecule has 5 nitrogen and oxygen atoms in total. The molecule has 4 N–H and O–H groups in total. The third-order valence-electron chi connectivity index (χ3n) is 3.91. The van der Waals surface area contributed by atoms with E-state index in [4.69, 9.17) is 15.9 Å². The average molecular weight is 340 g/mol. The van der Waals surface area contributed by atoms with E-state index < -0.39 is 0 Å². The van der Waals surface area contributed by atoms with Gasteiger partial charge in [-0.1, -0.05) is 32.4 Å². The van der Waals surface area contributed by atoms with Crippen molar-refractivity contribution in [1.29, 1.82) is 5.41 Å². The Labute approximate surface area is 150 Å². The van der Waals surface area contributed by atoms with E-state index in [1.807, 2.05) is 12.1 Å². The summed E-state index contributed by atoms with van der Waals surface area (Å²) in [7, 11) is 0. The maximum absolute atomic E-state index is 7.98. The van der Waals surface area contributed by atoms with Crippen LogP contribution < -0.4 is 11.1 Å². The van der Waals surface area contributed by atoms with Gasteiger partial charge in [0.1, 0.15) is 5.76 Å². The number of allylic oxidation sites excluding steroid dienone is 2. The van der Waals surface area contributed by atoms with Crippen molar-refractivity contribution in [1.82, 2.24) is 5.32 Å². The van der Waals surface area contributed by atoms with Crippen LogP contribution in [-0.2, 0) is 11.2 Å². The highest BCUT2D eigenvalue weighted by molar-refractivity contribution is 6.22. The molecule has 25 heavy (non-hydrogen) atoms. The molecule has 5 heteroatoms. The number of likely N-dealkylation sites (N-methyl/N-ethyl adjacent to an activating group) is 1. The summed E-state index contributed by atoms with van der Waals surface area (Å²) in [5.74, 6) is 0.531. The Morgan fingerprint density at radius 2 is 1.92 bits per heavy atom. The van der Waals surface area contributed by atoms with E-state index in [9.17, 15) is 0 Å². The molecule has 1 aliphatic rings. The first-order valence-electron chi connectivity index (χ1n) is 8.93. The summed E-state index contributed by atoms with van der Waals surface area (Å²) in [5.41, 5.74) is 9.57. The van der Waals surface area contributed by atoms with Crippen molar-refractivity contribution in [3.05, 3.63) is 53.4 Å². The van der Waals surface area contributed by atoms with Crippen LogP contribution in [0, 0.1) is 5.41 Å². The van der Waals surface area contributed by atoms with Gasteiger partial charge in [-0.25, -0.2) is 4.99 Å². The third-order valence-corrected chi connectivity index (χ3v) is 3.91. The predicted molar refractivity (Wildman–Crippen MR) is 105 cm³/mol. The average Bonchev–Trinajstić information content (AvgIpc) is 2.60. The van der Waals surface area contributed by atoms with E-state index in [1.54, 1.807) is 12.2 Å². The standard InChI is InChI=1S/C20H28N4O/c1-3-5-12-25-20-14-19(17(21)13-18(20)22)24-16-8-6-15(7-9-16)10-11-23-4-2/h6-9,13-14,22-23H,3-5,10-12,21H2,1-2H3. The van der Waals surface area contributed by atoms with Crippen molar-refractivity contribution in [3.63, 3.8) is 0 Å². The summed E-state index contributed by atoms with van der Waals surface area (Å²) < 4.78 is 5.67. The summed E-state index contributed by atoms with van der Waals surface area (Å²) in [6.45, 7) is 6.78. The number of aliphatic imine (C=N–C) groups is 1. The summed E-state index contributed by atoms with van der Waals surface area (Å²) >= 11 is 0. The molecule has 1 aromatic carbocycles. The van der Waals surface area contributed by atoms with Crippen molar-refractivity contribution in [2.24, 2.45) is 10.7 Å². The van der Waals surface area contributed by atoms with Crippen molar-refractivity contribution in [2.45, 2.75) is 33.1 Å². The Hall–Kier alpha value is -2.40. The van der Waals surface area contributed by atoms with Gasteiger partial charge in [0.25, 0.3) is 0 Å². The lowest BCUT2D eigenvalue weighted by atomic mass is 10.1. The molecule has 0 unspecified atom stereocenters. The quantitative estimate of drug-likeness (QED) is 0.475. The summed E-state index contributed by atoms with van der Waals surface area (Å²) in [6.07, 6.45) is 6.38. The second-order valence-electron chi connectivity index (χ2n) is 5.99. The lowest BCUT2D eigenvalue weighted by Crippen LogP contribution is -2.19. The molecule has 0 amide bonds. The highest BCUT2D eigenvalue weighted by Crippen LogP contribution is 2.18. The van der Waals surface area contributed by atoms with Crippen molar-refractivity contribution < 1.29 is 4.74 Å². The molecule has 1 aromatic rings. The number of rotatable bonds is 9. The minimum absolute atomic E-state index is 0.298. The molecular formula is C20H28N4O. The number of ether oxygens (including phenoxy) is 1. The normalized spacial score (nSPS) is 15.9. The maximum Gasteiger partial charge on any atom is 0.146 e. The lowest BCUT2D eigenvalue weighted by molar-refractivity contribution is 0.226. The van der Waals surface area contributed by atoms with E-state index in [1.165, 1.54) is 5.56 Å². The molecule has 1 aliphatic carbocycles. The first kappa shape index (κ1) is 18.9. The Morgan fingerprint density at radius 1 is 1.16 bits per heavy atom. The first-order chi connectivity index (χ1) is 12.1. The zero-order valence-electron chi connectivity index (χ0n) is 15.1. The number of hydrogen-bond donors (Lipinski definition) is 3. The predicted octanol–water partition coefficient (Wildman–Crippen LogP) is 3.49. The Morgan fingerprint density at radius 3 is 2.60 bits per heavy atom. The fraction of sp³-hybridized carbons (Fsp3) is 0.400. The molecule has 0 saturated heterocycles. The van der Waals surface area contributed by atoms with Crippen LogP contribution in [-0.4, -0.2) is 31.1 Å². The fourth-order valence-electron chi connectivity index (χ4n) is 2.41. The molecule has 0 fully saturated rings. The van der Waals surface area contributed by atoms with Crippen LogP contribution in [0.5, 0.6) is 0 Å². The topological polar surface area (TPSA) is 83.5 Å². The second-order valence-corrected chi connectivity index (χ2v) is 5.99. The number of nitrogens with zero attached hydrogens (tertiary/aromatic N) is 1. The first-order valence-corrected chi connectivity index (χ1v) is 8.93. The monoisotopic (exact) mass is 340 g/mol. The number of nitrogens with one attached hydrogen (secondary N) is 2. The number of hydrogen-bond acceptors (Lipinski definition) is 5. The van der Waals surface area contributed by atoms with Gasteiger partial charge in [-0.3, -0.25) is 5.41 Å². The van der Waals surface area contributed by atoms with Gasteiger partial charge in [-0.15, -0.1) is 0 Å². The van der Waals surface area contributed by atoms with Gasteiger partial charge >= 0.3 is 0 Å². The van der Waals surface area contributed by atoms with Crippen LogP contribution in [0.4, 0.5) is 5.69 Å². The number of nitrogens with two attached hydrogens (primary N) is 1. The Bertz CT molecular complexity index is 671. The highest BCUT2D eigenvalue weighted by atomic mass is 16.5. The zero-order chi connectivity index (χ0) is 18.1. The molecule has 0 radical (unpaired) electrons. The van der Waals surface area contributed by atoms with Gasteiger partial charge in [-0.2, -0.15) is 0 Å². The van der Waals surface area contributed by atoms with Gasteiger partial charge in [0.05, 0.1) is 29.4 Å². The second kappa shape index (κ2) is 9.79. The summed E-state index contributed by atoms with van der Waals surface area (Å²) in [4.78, 5) is 4.60. The summed E-state index contributed by atoms with van der Waals surface area (Å²) in [5, 5.41) is 11.3. The number of benzene rings is 1. The maximum atomic E-state index is 7.98. The van der Waals surface area contributed by atoms with Crippen LogP contribution in [0.25, 0.3) is 0 Å². The molecule has 0 atom stereocenters. The fourth-order valence-corrected chi connectivity index (χ4v) is 2.41. The smallest absolute Gasteiger partial charge is 0.146 e. The minimum atomic E-state index is 0.298. The van der Waals surface area contributed by atoms with Crippen LogP contribution in [0.3, 0.4) is 0 Å². The molecule has 0 aliphatic heterocycles. The Balaban J connectivity index is 2.09. The largest absolute Gasteiger partial charge is 0.491 e. The molecule has 0 heterocycles. The van der Waals surface area contributed by atoms with E-state index in [0.717, 1.165) is 38.0 Å². The Kier molecular flexibility index (Phi) is 7.41. The summed E-state index contributed by atoms with van der Waals surface area (Å²) in [6, 6.07) is 8.16. The van der Waals surface area contributed by atoms with Crippen LogP contribution in [0.2, 0.25) is 0 Å². The van der Waals surface area contributed by atoms with Crippen LogP contribution in [0.15, 0.2) is 52.9 Å². The molecule has 0 aromatic heterocycles. The number of unbranched alkanes of at least 4 members (excludes halogenated alkanes) is 1. The van der Waals surface area contributed by atoms with Gasteiger partial charge in [0.2, 0.25) is 0 Å². The van der Waals surface area contributed by atoms with Gasteiger partial charge in [0.15, 0.2) is 0 Å². The molecule has 0 bridgehead atoms. The van der Waals surface area contributed by atoms with E-state index in [-0.39, 0.29) is 0 Å². The highest BCUT2D eigenvalue weighted by Gasteiger charge is 2.15.